The van der Waals surface area contributed by atoms with Crippen LogP contribution in [0.4, 0.5) is 17.1 Å². The second-order valence-electron chi connectivity index (χ2n) is 14.5. The summed E-state index contributed by atoms with van der Waals surface area (Å²) in [5.41, 5.74) is 5.51. The van der Waals surface area contributed by atoms with Gasteiger partial charge in [0.15, 0.2) is 0 Å². The SMILES string of the molecule is CC1(C)c2ccccc2N(CCC(=O)NCCCCCN2C(=O)c3cc(S(=O)(=O)O)cc4c(N)c(S(=O)(=O)O)cc(c34)C2=O)C12C=Cc1cc([N+](=O)[O-])ccc1O2. The largest absolute Gasteiger partial charge is 0.463 e. The fourth-order valence-corrected chi connectivity index (χ4v) is 9.10. The highest BCUT2D eigenvalue weighted by atomic mass is 32.2. The van der Waals surface area contributed by atoms with Crippen molar-refractivity contribution in [3.8, 4) is 5.75 Å². The van der Waals surface area contributed by atoms with Crippen molar-refractivity contribution in [2.24, 2.45) is 0 Å². The van der Waals surface area contributed by atoms with Gasteiger partial charge in [0.05, 0.1) is 32.0 Å². The molecule has 0 fully saturated rings. The number of amides is 3. The van der Waals surface area contributed by atoms with Crippen LogP contribution in [0.1, 0.15) is 71.4 Å². The first kappa shape index (κ1) is 39.3. The molecule has 1 unspecified atom stereocenters. The molecule has 4 aromatic rings. The smallest absolute Gasteiger partial charge is 0.296 e. The molecule has 7 rings (SSSR count). The number of non-ortho nitro benzene ring substituents is 1. The van der Waals surface area contributed by atoms with E-state index in [1.165, 1.54) is 12.1 Å². The highest BCUT2D eigenvalue weighted by Gasteiger charge is 2.58. The maximum Gasteiger partial charge on any atom is 0.296 e. The number of imide groups is 1. The normalized spacial score (nSPS) is 18.1. The predicted octanol–water partition coefficient (Wildman–Crippen LogP) is 4.70. The number of nitro groups is 1. The molecule has 0 saturated carbocycles. The molecular weight excluding hydrogens is 783 g/mol. The van der Waals surface area contributed by atoms with E-state index in [4.69, 9.17) is 10.5 Å². The molecular formula is C38H37N5O12S2. The Morgan fingerprint density at radius 2 is 1.63 bits per heavy atom. The Labute approximate surface area is 326 Å². The Kier molecular flexibility index (Phi) is 9.62. The first-order chi connectivity index (χ1) is 26.8. The van der Waals surface area contributed by atoms with Gasteiger partial charge in [0.1, 0.15) is 10.6 Å². The molecule has 3 aliphatic rings. The Balaban J connectivity index is 0.989. The summed E-state index contributed by atoms with van der Waals surface area (Å²) < 4.78 is 74.4. The van der Waals surface area contributed by atoms with E-state index in [0.29, 0.717) is 24.2 Å². The fraction of sp³-hybridized carbons (Fsp3) is 0.289. The molecule has 4 aromatic carbocycles. The van der Waals surface area contributed by atoms with E-state index in [9.17, 15) is 50.4 Å². The van der Waals surface area contributed by atoms with Crippen molar-refractivity contribution >= 4 is 71.9 Å². The van der Waals surface area contributed by atoms with E-state index >= 15 is 0 Å². The molecule has 19 heteroatoms. The first-order valence-electron chi connectivity index (χ1n) is 17.8. The lowest BCUT2D eigenvalue weighted by Crippen LogP contribution is -2.60. The molecule has 0 saturated heterocycles. The monoisotopic (exact) mass is 819 g/mol. The zero-order valence-electron chi connectivity index (χ0n) is 30.6. The number of hydrogen-bond acceptors (Lipinski definition) is 12. The number of anilines is 2. The molecule has 0 aromatic heterocycles. The number of carbonyl (C=O) groups excluding carboxylic acids is 3. The van der Waals surface area contributed by atoms with Crippen LogP contribution in [0.3, 0.4) is 0 Å². The fourth-order valence-electron chi connectivity index (χ4n) is 7.91. The number of nitrogens with zero attached hydrogens (tertiary/aromatic N) is 3. The third-order valence-electron chi connectivity index (χ3n) is 10.8. The van der Waals surface area contributed by atoms with Gasteiger partial charge in [-0.25, -0.2) is 0 Å². The standard InChI is InChI=1S/C38H37N5O12S2/c1-37(2)28-8-4-5-9-29(28)42(38(37)14-12-22-18-23(43(47)48)10-11-30(22)55-38)17-13-32(44)40-15-6-3-7-16-41-35(45)26-20-24(56(49,50)51)19-25-33(26)27(36(41)46)21-31(34(25)39)57(52,53)54/h4-5,8-12,14,18-21H,3,6-7,13,15-17,39H2,1-2H3,(H,40,44)(H,49,50,51)(H,52,53,54). The number of fused-ring (bicyclic) bond motifs is 2. The van der Waals surface area contributed by atoms with Gasteiger partial charge < -0.3 is 20.7 Å². The minimum atomic E-state index is -4.99. The molecule has 3 heterocycles. The number of nitrogens with two attached hydrogens (primary N) is 1. The van der Waals surface area contributed by atoms with Crippen LogP contribution in [-0.2, 0) is 30.4 Å². The Morgan fingerprint density at radius 3 is 2.32 bits per heavy atom. The second kappa shape index (κ2) is 13.9. The number of benzene rings is 4. The molecule has 3 amide bonds. The summed E-state index contributed by atoms with van der Waals surface area (Å²) in [6, 6.07) is 14.7. The summed E-state index contributed by atoms with van der Waals surface area (Å²) in [4.78, 5) is 52.3. The van der Waals surface area contributed by atoms with Crippen LogP contribution in [-0.4, -0.2) is 78.8 Å². The molecule has 0 aliphatic carbocycles. The van der Waals surface area contributed by atoms with Gasteiger partial charge in [-0.15, -0.1) is 0 Å². The van der Waals surface area contributed by atoms with Crippen molar-refractivity contribution in [2.75, 3.05) is 30.3 Å². The third-order valence-corrected chi connectivity index (χ3v) is 12.5. The summed E-state index contributed by atoms with van der Waals surface area (Å²) >= 11 is 0. The van der Waals surface area contributed by atoms with Crippen LogP contribution in [0.25, 0.3) is 16.8 Å². The number of nitro benzene ring substituents is 1. The average Bonchev–Trinajstić information content (AvgIpc) is 3.32. The Bertz CT molecular complexity index is 2660. The van der Waals surface area contributed by atoms with E-state index in [0.717, 1.165) is 34.3 Å². The van der Waals surface area contributed by atoms with Crippen molar-refractivity contribution in [1.82, 2.24) is 10.2 Å². The van der Waals surface area contributed by atoms with E-state index in [-0.39, 0.29) is 66.0 Å². The highest BCUT2D eigenvalue weighted by Crippen LogP contribution is 2.55. The second-order valence-corrected chi connectivity index (χ2v) is 17.3. The van der Waals surface area contributed by atoms with Crippen LogP contribution in [0.5, 0.6) is 5.75 Å². The molecule has 57 heavy (non-hydrogen) atoms. The summed E-state index contributed by atoms with van der Waals surface area (Å²) in [5, 5.41) is 13.8. The first-order valence-corrected chi connectivity index (χ1v) is 20.7. The van der Waals surface area contributed by atoms with Crippen LogP contribution in [0, 0.1) is 10.1 Å². The molecule has 3 aliphatic heterocycles. The average molecular weight is 820 g/mol. The van der Waals surface area contributed by atoms with Crippen molar-refractivity contribution in [2.45, 2.75) is 60.5 Å². The Hall–Kier alpha value is -5.89. The molecule has 1 spiro atoms. The van der Waals surface area contributed by atoms with Gasteiger partial charge in [-0.2, -0.15) is 16.8 Å². The zero-order chi connectivity index (χ0) is 41.2. The maximum absolute atomic E-state index is 13.5. The molecule has 298 valence electrons. The maximum atomic E-state index is 13.5. The van der Waals surface area contributed by atoms with Crippen molar-refractivity contribution in [1.29, 1.82) is 0 Å². The van der Waals surface area contributed by atoms with Crippen LogP contribution in [0.15, 0.2) is 76.5 Å². The van der Waals surface area contributed by atoms with Crippen molar-refractivity contribution in [3.63, 3.8) is 0 Å². The number of carbonyl (C=O) groups is 3. The number of rotatable bonds is 12. The van der Waals surface area contributed by atoms with E-state index in [1.54, 1.807) is 12.1 Å². The van der Waals surface area contributed by atoms with Gasteiger partial charge in [-0.1, -0.05) is 18.2 Å². The predicted molar refractivity (Wildman–Crippen MR) is 207 cm³/mol. The minimum Gasteiger partial charge on any atom is -0.463 e. The van der Waals surface area contributed by atoms with Crippen LogP contribution >= 0.6 is 0 Å². The lowest BCUT2D eigenvalue weighted by molar-refractivity contribution is -0.384. The van der Waals surface area contributed by atoms with Gasteiger partial charge in [0, 0.05) is 60.2 Å². The summed E-state index contributed by atoms with van der Waals surface area (Å²) in [6.45, 7) is 4.48. The summed E-state index contributed by atoms with van der Waals surface area (Å²) in [5.74, 6) is -1.54. The summed E-state index contributed by atoms with van der Waals surface area (Å²) in [6.07, 6.45) is 4.95. The number of hydrogen-bond donors (Lipinski definition) is 4. The number of nitrogen functional groups attached to an aromatic ring is 1. The zero-order valence-corrected chi connectivity index (χ0v) is 32.2. The van der Waals surface area contributed by atoms with E-state index in [1.807, 2.05) is 49.1 Å². The number of para-hydroxylation sites is 1. The quantitative estimate of drug-likeness (QED) is 0.0378. The minimum absolute atomic E-state index is 0.0581. The number of ether oxygens (including phenoxy) is 1. The van der Waals surface area contributed by atoms with Gasteiger partial charge in [-0.3, -0.25) is 38.5 Å². The molecule has 5 N–H and O–H groups in total. The van der Waals surface area contributed by atoms with Gasteiger partial charge in [0.2, 0.25) is 11.6 Å². The number of nitrogens with one attached hydrogen (secondary N) is 1. The van der Waals surface area contributed by atoms with E-state index < -0.39 is 63.6 Å². The third kappa shape index (κ3) is 6.65. The Morgan fingerprint density at radius 1 is 0.930 bits per heavy atom. The van der Waals surface area contributed by atoms with Crippen LogP contribution < -0.4 is 20.7 Å². The molecule has 17 nitrogen and oxygen atoms in total. The van der Waals surface area contributed by atoms with Crippen molar-refractivity contribution < 1.29 is 50.0 Å². The van der Waals surface area contributed by atoms with Crippen LogP contribution in [0.2, 0.25) is 0 Å². The topological polar surface area (TPSA) is 257 Å². The molecule has 1 atom stereocenters. The molecule has 0 radical (unpaired) electrons. The van der Waals surface area contributed by atoms with Gasteiger partial charge >= 0.3 is 0 Å². The summed E-state index contributed by atoms with van der Waals surface area (Å²) in [7, 11) is -9.90. The molecule has 0 bridgehead atoms. The van der Waals surface area contributed by atoms with Crippen molar-refractivity contribution in [3.05, 3.63) is 99.1 Å². The number of unbranched alkanes of at least 4 members (excludes halogenated alkanes) is 2. The van der Waals surface area contributed by atoms with Gasteiger partial charge in [0.25, 0.3) is 37.7 Å². The van der Waals surface area contributed by atoms with E-state index in [2.05, 4.69) is 5.32 Å². The lowest BCUT2D eigenvalue weighted by Gasteiger charge is -2.47. The highest BCUT2D eigenvalue weighted by molar-refractivity contribution is 7.86. The lowest BCUT2D eigenvalue weighted by atomic mass is 9.76. The van der Waals surface area contributed by atoms with Gasteiger partial charge in [-0.05, 0) is 81.2 Å².